The molecule has 1 aliphatic rings. The number of rotatable bonds is 4. The van der Waals surface area contributed by atoms with E-state index in [1.54, 1.807) is 12.1 Å². The summed E-state index contributed by atoms with van der Waals surface area (Å²) in [6, 6.07) is 3.13. The van der Waals surface area contributed by atoms with E-state index in [9.17, 15) is 4.79 Å². The van der Waals surface area contributed by atoms with Crippen molar-refractivity contribution in [2.24, 2.45) is 0 Å². The minimum Gasteiger partial charge on any atom is -0.373 e. The van der Waals surface area contributed by atoms with Crippen molar-refractivity contribution in [3.8, 4) is 0 Å². The van der Waals surface area contributed by atoms with Gasteiger partial charge >= 0.3 is 0 Å². The minimum absolute atomic E-state index is 0.152. The molecule has 128 valence electrons. The van der Waals surface area contributed by atoms with Crippen LogP contribution in [0.2, 0.25) is 10.2 Å². The van der Waals surface area contributed by atoms with Crippen molar-refractivity contribution >= 4 is 29.1 Å². The lowest BCUT2D eigenvalue weighted by Crippen LogP contribution is -2.58. The zero-order valence-corrected chi connectivity index (χ0v) is 15.4. The third kappa shape index (κ3) is 4.80. The van der Waals surface area contributed by atoms with E-state index < -0.39 is 0 Å². The van der Waals surface area contributed by atoms with Crippen LogP contribution in [-0.4, -0.2) is 53.2 Å². The second kappa shape index (κ2) is 7.34. The number of amides is 1. The molecule has 1 aromatic rings. The highest BCUT2D eigenvalue weighted by atomic mass is 35.5. The monoisotopic (exact) mass is 359 g/mol. The normalized spacial score (nSPS) is 22.9. The first-order valence-corrected chi connectivity index (χ1v) is 8.45. The maximum atomic E-state index is 12.3. The molecule has 1 fully saturated rings. The molecular formula is C16H23Cl2N3O2. The zero-order valence-electron chi connectivity index (χ0n) is 13.9. The summed E-state index contributed by atoms with van der Waals surface area (Å²) in [7, 11) is 0. The largest absolute Gasteiger partial charge is 0.373 e. The molecule has 2 atom stereocenters. The molecule has 23 heavy (non-hydrogen) atoms. The fraction of sp³-hybridized carbons (Fsp3) is 0.625. The van der Waals surface area contributed by atoms with Gasteiger partial charge in [-0.2, -0.15) is 0 Å². The minimum atomic E-state index is -0.320. The Morgan fingerprint density at radius 1 is 1.35 bits per heavy atom. The van der Waals surface area contributed by atoms with Crippen LogP contribution in [0.3, 0.4) is 0 Å². The molecule has 0 bridgehead atoms. The number of halogens is 2. The fourth-order valence-corrected chi connectivity index (χ4v) is 3.08. The molecule has 2 heterocycles. The van der Waals surface area contributed by atoms with Gasteiger partial charge < -0.3 is 10.1 Å². The number of ether oxygens (including phenoxy) is 1. The highest BCUT2D eigenvalue weighted by Crippen LogP contribution is 2.21. The van der Waals surface area contributed by atoms with Crippen LogP contribution in [0.25, 0.3) is 0 Å². The fourth-order valence-electron chi connectivity index (χ4n) is 2.74. The Balaban J connectivity index is 2.01. The quantitative estimate of drug-likeness (QED) is 0.839. The molecule has 1 N–H and O–H groups in total. The summed E-state index contributed by atoms with van der Waals surface area (Å²) in [6.45, 7) is 10.5. The van der Waals surface area contributed by atoms with Gasteiger partial charge in [-0.25, -0.2) is 4.98 Å². The molecule has 1 amide bonds. The molecule has 0 radical (unpaired) electrons. The van der Waals surface area contributed by atoms with Crippen LogP contribution >= 0.6 is 23.2 Å². The van der Waals surface area contributed by atoms with Crippen molar-refractivity contribution in [1.82, 2.24) is 15.2 Å². The van der Waals surface area contributed by atoms with Gasteiger partial charge in [-0.05, 0) is 39.8 Å². The molecule has 1 aromatic heterocycles. The first-order valence-electron chi connectivity index (χ1n) is 7.70. The third-order valence-corrected chi connectivity index (χ3v) is 4.50. The number of hydrogen-bond donors (Lipinski definition) is 1. The van der Waals surface area contributed by atoms with Gasteiger partial charge in [0.25, 0.3) is 5.91 Å². The summed E-state index contributed by atoms with van der Waals surface area (Å²) >= 11 is 11.9. The number of nitrogens with zero attached hydrogens (tertiary/aromatic N) is 2. The molecule has 5 nitrogen and oxygen atoms in total. The van der Waals surface area contributed by atoms with E-state index in [4.69, 9.17) is 27.9 Å². The standard InChI is InChI=1S/C16H23Cl2N3O2/c1-10-7-21(8-11(2)23-10)16(3,4)9-19-15(22)14-12(17)5-6-13(18)20-14/h5-6,10-11H,7-9H2,1-4H3,(H,19,22)/t10-,11-/m1/s1. The van der Waals surface area contributed by atoms with Crippen molar-refractivity contribution in [1.29, 1.82) is 0 Å². The van der Waals surface area contributed by atoms with Gasteiger partial charge in [-0.15, -0.1) is 0 Å². The number of morpholine rings is 1. The van der Waals surface area contributed by atoms with Gasteiger partial charge in [0.15, 0.2) is 0 Å². The lowest BCUT2D eigenvalue weighted by molar-refractivity contribution is -0.0948. The van der Waals surface area contributed by atoms with Gasteiger partial charge in [0.1, 0.15) is 10.8 Å². The SMILES string of the molecule is C[C@@H]1CN(C(C)(C)CNC(=O)c2nc(Cl)ccc2Cl)C[C@@H](C)O1. The third-order valence-electron chi connectivity index (χ3n) is 3.98. The summed E-state index contributed by atoms with van der Waals surface area (Å²) < 4.78 is 5.76. The molecule has 2 rings (SSSR count). The van der Waals surface area contributed by atoms with Crippen LogP contribution in [0.1, 0.15) is 38.2 Å². The second-order valence-electron chi connectivity index (χ2n) is 6.62. The summed E-state index contributed by atoms with van der Waals surface area (Å²) in [4.78, 5) is 18.6. The lowest BCUT2D eigenvalue weighted by atomic mass is 10.00. The van der Waals surface area contributed by atoms with E-state index in [-0.39, 0.29) is 34.5 Å². The molecule has 0 aromatic carbocycles. The van der Waals surface area contributed by atoms with Crippen LogP contribution < -0.4 is 5.32 Å². The molecular weight excluding hydrogens is 337 g/mol. The molecule has 0 unspecified atom stereocenters. The first-order chi connectivity index (χ1) is 10.7. The van der Waals surface area contributed by atoms with Gasteiger partial charge in [0.2, 0.25) is 0 Å². The number of hydrogen-bond acceptors (Lipinski definition) is 4. The number of pyridine rings is 1. The summed E-state index contributed by atoms with van der Waals surface area (Å²) in [5, 5.41) is 3.44. The predicted molar refractivity (Wildman–Crippen MR) is 92.3 cm³/mol. The molecule has 0 spiro atoms. The van der Waals surface area contributed by atoms with Crippen molar-refractivity contribution in [2.45, 2.75) is 45.4 Å². The maximum Gasteiger partial charge on any atom is 0.271 e. The van der Waals surface area contributed by atoms with E-state index in [0.29, 0.717) is 11.6 Å². The van der Waals surface area contributed by atoms with Crippen molar-refractivity contribution < 1.29 is 9.53 Å². The Bertz CT molecular complexity index is 570. The van der Waals surface area contributed by atoms with E-state index in [1.807, 2.05) is 0 Å². The Kier molecular flexibility index (Phi) is 5.89. The Morgan fingerprint density at radius 3 is 2.57 bits per heavy atom. The maximum absolute atomic E-state index is 12.3. The van der Waals surface area contributed by atoms with Crippen molar-refractivity contribution in [3.63, 3.8) is 0 Å². The number of carbonyl (C=O) groups excluding carboxylic acids is 1. The van der Waals surface area contributed by atoms with E-state index in [0.717, 1.165) is 13.1 Å². The topological polar surface area (TPSA) is 54.5 Å². The van der Waals surface area contributed by atoms with Crippen LogP contribution in [0.15, 0.2) is 12.1 Å². The highest BCUT2D eigenvalue weighted by Gasteiger charge is 2.33. The number of nitrogens with one attached hydrogen (secondary N) is 1. The van der Waals surface area contributed by atoms with Gasteiger partial charge in [-0.3, -0.25) is 9.69 Å². The zero-order chi connectivity index (χ0) is 17.2. The lowest BCUT2D eigenvalue weighted by Gasteiger charge is -2.45. The Hall–Kier alpha value is -0.880. The van der Waals surface area contributed by atoms with Crippen LogP contribution in [0.4, 0.5) is 0 Å². The number of carbonyl (C=O) groups is 1. The van der Waals surface area contributed by atoms with Crippen molar-refractivity contribution in [2.75, 3.05) is 19.6 Å². The van der Waals surface area contributed by atoms with E-state index in [2.05, 4.69) is 42.9 Å². The number of aromatic nitrogens is 1. The van der Waals surface area contributed by atoms with Gasteiger partial charge in [-0.1, -0.05) is 23.2 Å². The molecule has 7 heteroatoms. The average Bonchev–Trinajstić information content (AvgIpc) is 2.46. The summed E-state index contributed by atoms with van der Waals surface area (Å²) in [6.07, 6.45) is 0.357. The molecule has 0 saturated carbocycles. The predicted octanol–water partition coefficient (Wildman–Crippen LogP) is 3.01. The van der Waals surface area contributed by atoms with Crippen LogP contribution in [0, 0.1) is 0 Å². The Morgan fingerprint density at radius 2 is 1.96 bits per heavy atom. The molecule has 1 saturated heterocycles. The van der Waals surface area contributed by atoms with E-state index in [1.165, 1.54) is 0 Å². The average molecular weight is 360 g/mol. The van der Waals surface area contributed by atoms with Gasteiger partial charge in [0.05, 0.1) is 17.2 Å². The molecule has 0 aliphatic carbocycles. The summed E-state index contributed by atoms with van der Waals surface area (Å²) in [5.74, 6) is -0.320. The van der Waals surface area contributed by atoms with Crippen molar-refractivity contribution in [3.05, 3.63) is 28.0 Å². The first kappa shape index (κ1) is 18.5. The second-order valence-corrected chi connectivity index (χ2v) is 7.42. The van der Waals surface area contributed by atoms with Gasteiger partial charge in [0, 0.05) is 25.2 Å². The summed E-state index contributed by atoms with van der Waals surface area (Å²) in [5.41, 5.74) is -0.0498. The molecule has 1 aliphatic heterocycles. The highest BCUT2D eigenvalue weighted by molar-refractivity contribution is 6.34. The van der Waals surface area contributed by atoms with Crippen LogP contribution in [0.5, 0.6) is 0 Å². The Labute approximate surface area is 147 Å². The van der Waals surface area contributed by atoms with Crippen LogP contribution in [-0.2, 0) is 4.74 Å². The van der Waals surface area contributed by atoms with E-state index >= 15 is 0 Å². The smallest absolute Gasteiger partial charge is 0.271 e.